The normalized spacial score (nSPS) is 16.0. The molecule has 0 N–H and O–H groups in total. The van der Waals surface area contributed by atoms with E-state index < -0.39 is 30.4 Å². The maximum Gasteiger partial charge on any atom is 0.157 e. The third kappa shape index (κ3) is 5.16. The Bertz CT molecular complexity index is 301. The fourth-order valence-corrected chi connectivity index (χ4v) is 0.775. The Balaban J connectivity index is 4.40. The lowest BCUT2D eigenvalue weighted by atomic mass is 10.2. The summed E-state index contributed by atoms with van der Waals surface area (Å²) >= 11 is 0. The van der Waals surface area contributed by atoms with Gasteiger partial charge in [0.25, 0.3) is 0 Å². The molecule has 15 heavy (non-hydrogen) atoms. The van der Waals surface area contributed by atoms with Crippen molar-refractivity contribution in [1.82, 2.24) is 0 Å². The molecule has 0 radical (unpaired) electrons. The number of hydrogen-bond donors (Lipinski definition) is 0. The Morgan fingerprint density at radius 2 is 2.07 bits per heavy atom. The Labute approximate surface area is 87.6 Å². The molecule has 1 nitrogen and oxygen atoms in total. The summed E-state index contributed by atoms with van der Waals surface area (Å²) in [6, 6.07) is 0. The standard InChI is InChI=1S/C11H13F3O/c1-5-7(2)15-9(4)11(14)6-10(13)8(3)12/h1,7,10H,3,6H2,2,4H3/b11-9-. The molecule has 0 bridgehead atoms. The van der Waals surface area contributed by atoms with Crippen molar-refractivity contribution in [2.45, 2.75) is 32.5 Å². The first kappa shape index (κ1) is 13.6. The summed E-state index contributed by atoms with van der Waals surface area (Å²) in [7, 11) is 0. The van der Waals surface area contributed by atoms with Gasteiger partial charge in [-0.25, -0.2) is 13.2 Å². The molecule has 0 aromatic carbocycles. The van der Waals surface area contributed by atoms with Crippen LogP contribution in [0, 0.1) is 12.3 Å². The Morgan fingerprint density at radius 1 is 1.53 bits per heavy atom. The number of allylic oxidation sites excluding steroid dienone is 3. The maximum atomic E-state index is 13.1. The fourth-order valence-electron chi connectivity index (χ4n) is 0.775. The molecule has 0 amide bonds. The van der Waals surface area contributed by atoms with E-state index in [4.69, 9.17) is 11.2 Å². The molecule has 84 valence electrons. The topological polar surface area (TPSA) is 9.23 Å². The molecule has 0 spiro atoms. The van der Waals surface area contributed by atoms with Crippen molar-refractivity contribution in [2.75, 3.05) is 0 Å². The summed E-state index contributed by atoms with van der Waals surface area (Å²) in [6.45, 7) is 5.58. The predicted molar refractivity (Wildman–Crippen MR) is 52.9 cm³/mol. The van der Waals surface area contributed by atoms with Crippen LogP contribution in [0.5, 0.6) is 0 Å². The van der Waals surface area contributed by atoms with E-state index in [9.17, 15) is 13.2 Å². The van der Waals surface area contributed by atoms with Crippen LogP contribution in [-0.4, -0.2) is 12.3 Å². The number of alkyl halides is 1. The Hall–Kier alpha value is -1.37. The van der Waals surface area contributed by atoms with Crippen LogP contribution in [0.3, 0.4) is 0 Å². The van der Waals surface area contributed by atoms with Gasteiger partial charge in [-0.3, -0.25) is 0 Å². The van der Waals surface area contributed by atoms with Gasteiger partial charge in [0.15, 0.2) is 12.3 Å². The molecular formula is C11H13F3O. The van der Waals surface area contributed by atoms with Gasteiger partial charge in [0.2, 0.25) is 0 Å². The highest BCUT2D eigenvalue weighted by Crippen LogP contribution is 2.20. The highest BCUT2D eigenvalue weighted by molar-refractivity contribution is 5.06. The lowest BCUT2D eigenvalue weighted by Gasteiger charge is -2.11. The fraction of sp³-hybridized carbons (Fsp3) is 0.455. The van der Waals surface area contributed by atoms with Crippen molar-refractivity contribution in [1.29, 1.82) is 0 Å². The first-order chi connectivity index (χ1) is 6.88. The summed E-state index contributed by atoms with van der Waals surface area (Å²) in [4.78, 5) is 0. The van der Waals surface area contributed by atoms with Crippen LogP contribution in [0.15, 0.2) is 24.0 Å². The van der Waals surface area contributed by atoms with Gasteiger partial charge < -0.3 is 4.74 Å². The molecule has 2 atom stereocenters. The molecule has 0 saturated heterocycles. The van der Waals surface area contributed by atoms with Crippen molar-refractivity contribution in [3.8, 4) is 12.3 Å². The minimum atomic E-state index is -2.05. The van der Waals surface area contributed by atoms with Crippen molar-refractivity contribution in [2.24, 2.45) is 0 Å². The quantitative estimate of drug-likeness (QED) is 0.507. The molecule has 0 aromatic rings. The van der Waals surface area contributed by atoms with Gasteiger partial charge in [0.05, 0.1) is 0 Å². The van der Waals surface area contributed by atoms with E-state index in [1.54, 1.807) is 0 Å². The van der Waals surface area contributed by atoms with Crippen molar-refractivity contribution >= 4 is 0 Å². The molecular weight excluding hydrogens is 205 g/mol. The summed E-state index contributed by atoms with van der Waals surface area (Å²) in [6.07, 6.45) is 1.62. The van der Waals surface area contributed by atoms with Crippen molar-refractivity contribution in [3.63, 3.8) is 0 Å². The largest absolute Gasteiger partial charge is 0.480 e. The highest BCUT2D eigenvalue weighted by Gasteiger charge is 2.16. The van der Waals surface area contributed by atoms with Crippen molar-refractivity contribution < 1.29 is 17.9 Å². The maximum absolute atomic E-state index is 13.1. The zero-order valence-corrected chi connectivity index (χ0v) is 8.69. The lowest BCUT2D eigenvalue weighted by Crippen LogP contribution is -2.06. The van der Waals surface area contributed by atoms with Crippen LogP contribution < -0.4 is 0 Å². The minimum Gasteiger partial charge on any atom is -0.480 e. The molecule has 0 aliphatic rings. The third-order valence-corrected chi connectivity index (χ3v) is 1.67. The minimum absolute atomic E-state index is 0.135. The van der Waals surface area contributed by atoms with E-state index in [0.717, 1.165) is 0 Å². The average molecular weight is 218 g/mol. The van der Waals surface area contributed by atoms with Crippen LogP contribution in [0.25, 0.3) is 0 Å². The SMILES string of the molecule is C#CC(C)O/C(C)=C(\F)CC(F)C(=C)F. The first-order valence-electron chi connectivity index (χ1n) is 4.34. The van der Waals surface area contributed by atoms with Gasteiger partial charge in [-0.15, -0.1) is 6.42 Å². The van der Waals surface area contributed by atoms with Gasteiger partial charge in [0, 0.05) is 6.42 Å². The molecule has 0 aromatic heterocycles. The number of ether oxygens (including phenoxy) is 1. The average Bonchev–Trinajstić information content (AvgIpc) is 2.16. The summed E-state index contributed by atoms with van der Waals surface area (Å²) in [5, 5.41) is 0. The van der Waals surface area contributed by atoms with E-state index in [-0.39, 0.29) is 5.76 Å². The van der Waals surface area contributed by atoms with E-state index in [0.29, 0.717) is 0 Å². The van der Waals surface area contributed by atoms with Crippen LogP contribution in [0.4, 0.5) is 13.2 Å². The van der Waals surface area contributed by atoms with E-state index in [2.05, 4.69) is 12.5 Å². The van der Waals surface area contributed by atoms with Crippen LogP contribution in [-0.2, 0) is 4.74 Å². The van der Waals surface area contributed by atoms with E-state index in [1.807, 2.05) is 0 Å². The molecule has 0 aliphatic carbocycles. The van der Waals surface area contributed by atoms with Crippen LogP contribution in [0.2, 0.25) is 0 Å². The zero-order chi connectivity index (χ0) is 12.0. The first-order valence-corrected chi connectivity index (χ1v) is 4.34. The Kier molecular flexibility index (Phi) is 5.61. The number of terminal acetylenes is 1. The molecule has 0 rings (SSSR count). The van der Waals surface area contributed by atoms with Crippen LogP contribution in [0.1, 0.15) is 20.3 Å². The van der Waals surface area contributed by atoms with Gasteiger partial charge >= 0.3 is 0 Å². The molecule has 0 heterocycles. The number of halogens is 3. The molecule has 0 saturated carbocycles. The second-order valence-electron chi connectivity index (χ2n) is 3.01. The van der Waals surface area contributed by atoms with Gasteiger partial charge in [0.1, 0.15) is 17.4 Å². The zero-order valence-electron chi connectivity index (χ0n) is 8.69. The second-order valence-corrected chi connectivity index (χ2v) is 3.01. The van der Waals surface area contributed by atoms with Gasteiger partial charge in [-0.05, 0) is 13.8 Å². The van der Waals surface area contributed by atoms with Crippen LogP contribution >= 0.6 is 0 Å². The summed E-state index contributed by atoms with van der Waals surface area (Å²) in [5.41, 5.74) is 0. The van der Waals surface area contributed by atoms with Crippen molar-refractivity contribution in [3.05, 3.63) is 24.0 Å². The molecule has 2 unspecified atom stereocenters. The number of rotatable bonds is 5. The molecule has 0 fully saturated rings. The van der Waals surface area contributed by atoms with E-state index in [1.165, 1.54) is 13.8 Å². The number of hydrogen-bond acceptors (Lipinski definition) is 1. The van der Waals surface area contributed by atoms with Gasteiger partial charge in [-0.2, -0.15) is 0 Å². The van der Waals surface area contributed by atoms with E-state index >= 15 is 0 Å². The summed E-state index contributed by atoms with van der Waals surface area (Å²) in [5.74, 6) is 0.00603. The third-order valence-electron chi connectivity index (χ3n) is 1.67. The monoisotopic (exact) mass is 218 g/mol. The smallest absolute Gasteiger partial charge is 0.157 e. The lowest BCUT2D eigenvalue weighted by molar-refractivity contribution is 0.165. The molecule has 0 aliphatic heterocycles. The highest BCUT2D eigenvalue weighted by atomic mass is 19.2. The Morgan fingerprint density at radius 3 is 2.47 bits per heavy atom. The van der Waals surface area contributed by atoms with Gasteiger partial charge in [-0.1, -0.05) is 12.5 Å². The second kappa shape index (κ2) is 6.18. The summed E-state index contributed by atoms with van der Waals surface area (Å²) < 4.78 is 43.0. The predicted octanol–water partition coefficient (Wildman–Crippen LogP) is 3.44. The molecule has 4 heteroatoms.